The van der Waals surface area contributed by atoms with Crippen molar-refractivity contribution in [1.82, 2.24) is 19.6 Å². The molecule has 4 rings (SSSR count). The number of morpholine rings is 1. The number of nitrogens with zero attached hydrogens (tertiary/aromatic N) is 4. The van der Waals surface area contributed by atoms with Gasteiger partial charge < -0.3 is 15.0 Å². The van der Waals surface area contributed by atoms with Crippen molar-refractivity contribution in [3.8, 4) is 5.69 Å². The number of benzene rings is 1. The predicted octanol–water partition coefficient (Wildman–Crippen LogP) is 2.76. The van der Waals surface area contributed by atoms with E-state index in [-0.39, 0.29) is 6.03 Å². The molecule has 150 valence electrons. The summed E-state index contributed by atoms with van der Waals surface area (Å²) in [5, 5.41) is 7.58. The van der Waals surface area contributed by atoms with Crippen LogP contribution >= 0.6 is 0 Å². The molecule has 2 amide bonds. The zero-order valence-corrected chi connectivity index (χ0v) is 16.5. The lowest BCUT2D eigenvalue weighted by molar-refractivity contribution is 0.0252. The Morgan fingerprint density at radius 3 is 2.82 bits per heavy atom. The normalized spacial score (nSPS) is 20.9. The largest absolute Gasteiger partial charge is 0.379 e. The number of anilines is 1. The van der Waals surface area contributed by atoms with E-state index in [2.05, 4.69) is 15.3 Å². The number of amides is 2. The zero-order chi connectivity index (χ0) is 19.3. The summed E-state index contributed by atoms with van der Waals surface area (Å²) in [4.78, 5) is 17.4. The molecule has 1 aromatic heterocycles. The van der Waals surface area contributed by atoms with Gasteiger partial charge in [-0.3, -0.25) is 4.90 Å². The lowest BCUT2D eigenvalue weighted by Crippen LogP contribution is -2.47. The number of hydrogen-bond acceptors (Lipinski definition) is 4. The van der Waals surface area contributed by atoms with Gasteiger partial charge in [-0.2, -0.15) is 5.10 Å². The van der Waals surface area contributed by atoms with Crippen molar-refractivity contribution in [2.24, 2.45) is 5.92 Å². The number of aromatic nitrogens is 2. The first-order valence-electron chi connectivity index (χ1n) is 10.2. The Morgan fingerprint density at radius 1 is 1.21 bits per heavy atom. The fraction of sp³-hybridized carbons (Fsp3) is 0.524. The van der Waals surface area contributed by atoms with Gasteiger partial charge in [-0.1, -0.05) is 12.1 Å². The van der Waals surface area contributed by atoms with Gasteiger partial charge >= 0.3 is 6.03 Å². The van der Waals surface area contributed by atoms with Crippen LogP contribution in [0.4, 0.5) is 10.5 Å². The van der Waals surface area contributed by atoms with Gasteiger partial charge in [-0.25, -0.2) is 9.48 Å². The molecule has 2 fully saturated rings. The van der Waals surface area contributed by atoms with Gasteiger partial charge in [-0.05, 0) is 43.9 Å². The molecule has 0 unspecified atom stereocenters. The topological polar surface area (TPSA) is 62.6 Å². The second kappa shape index (κ2) is 8.75. The molecule has 7 heteroatoms. The number of carbonyl (C=O) groups is 1. The average Bonchev–Trinajstić information content (AvgIpc) is 3.15. The number of para-hydroxylation sites is 2. The summed E-state index contributed by atoms with van der Waals surface area (Å²) in [7, 11) is 0. The molecule has 0 radical (unpaired) electrons. The fourth-order valence-electron chi connectivity index (χ4n) is 4.07. The van der Waals surface area contributed by atoms with Crippen molar-refractivity contribution >= 4 is 11.7 Å². The maximum atomic E-state index is 12.9. The SMILES string of the molecule is Cc1ccn(-c2ccccc2NC(=O)N2CCC[C@H](CN3CCOCC3)C2)n1. The molecule has 1 aromatic carbocycles. The average molecular weight is 383 g/mol. The second-order valence-corrected chi connectivity index (χ2v) is 7.72. The van der Waals surface area contributed by atoms with Crippen molar-refractivity contribution in [2.45, 2.75) is 19.8 Å². The van der Waals surface area contributed by atoms with E-state index in [9.17, 15) is 4.79 Å². The molecule has 0 bridgehead atoms. The number of nitrogens with one attached hydrogen (secondary N) is 1. The standard InChI is InChI=1S/C21H29N5O2/c1-17-8-10-26(23-17)20-7-3-2-6-19(20)22-21(27)25-9-4-5-18(16-25)15-24-11-13-28-14-12-24/h2-3,6-8,10,18H,4-5,9,11-16H2,1H3,(H,22,27)/t18-/m1/s1. The van der Waals surface area contributed by atoms with Crippen LogP contribution in [0.1, 0.15) is 18.5 Å². The maximum absolute atomic E-state index is 12.9. The Balaban J connectivity index is 1.39. The van der Waals surface area contributed by atoms with E-state index in [4.69, 9.17) is 4.74 Å². The number of hydrogen-bond donors (Lipinski definition) is 1. The third kappa shape index (κ3) is 4.54. The molecular formula is C21H29N5O2. The molecule has 1 atom stereocenters. The first kappa shape index (κ1) is 19.0. The number of rotatable bonds is 4. The van der Waals surface area contributed by atoms with Crippen molar-refractivity contribution < 1.29 is 9.53 Å². The van der Waals surface area contributed by atoms with Crippen LogP contribution < -0.4 is 5.32 Å². The number of aryl methyl sites for hydroxylation is 1. The molecule has 2 saturated heterocycles. The van der Waals surface area contributed by atoms with E-state index in [1.54, 1.807) is 0 Å². The first-order valence-corrected chi connectivity index (χ1v) is 10.2. The van der Waals surface area contributed by atoms with Crippen LogP contribution in [0.25, 0.3) is 5.69 Å². The Labute approximate surface area is 166 Å². The molecule has 7 nitrogen and oxygen atoms in total. The molecule has 28 heavy (non-hydrogen) atoms. The van der Waals surface area contributed by atoms with Crippen LogP contribution in [0.15, 0.2) is 36.5 Å². The summed E-state index contributed by atoms with van der Waals surface area (Å²) in [5.41, 5.74) is 2.61. The summed E-state index contributed by atoms with van der Waals surface area (Å²) in [5.74, 6) is 0.529. The molecule has 2 aromatic rings. The van der Waals surface area contributed by atoms with Crippen LogP contribution in [0.3, 0.4) is 0 Å². The minimum atomic E-state index is -0.0250. The number of likely N-dealkylation sites (tertiary alicyclic amines) is 1. The smallest absolute Gasteiger partial charge is 0.321 e. The minimum absolute atomic E-state index is 0.0250. The van der Waals surface area contributed by atoms with Gasteiger partial charge in [-0.15, -0.1) is 0 Å². The Morgan fingerprint density at radius 2 is 2.04 bits per heavy atom. The number of urea groups is 1. The Kier molecular flexibility index (Phi) is 5.92. The quantitative estimate of drug-likeness (QED) is 0.882. The van der Waals surface area contributed by atoms with Gasteiger partial charge in [0, 0.05) is 38.9 Å². The zero-order valence-electron chi connectivity index (χ0n) is 16.5. The van der Waals surface area contributed by atoms with Crippen molar-refractivity contribution in [3.05, 3.63) is 42.2 Å². The summed E-state index contributed by atoms with van der Waals surface area (Å²) in [6, 6.07) is 9.73. The highest BCUT2D eigenvalue weighted by atomic mass is 16.5. The summed E-state index contributed by atoms with van der Waals surface area (Å²) < 4.78 is 7.25. The number of piperidine rings is 1. The Hall–Kier alpha value is -2.38. The van der Waals surface area contributed by atoms with E-state index in [0.29, 0.717) is 5.92 Å². The lowest BCUT2D eigenvalue weighted by atomic mass is 9.97. The molecule has 0 saturated carbocycles. The summed E-state index contributed by atoms with van der Waals surface area (Å²) >= 11 is 0. The van der Waals surface area contributed by atoms with Crippen LogP contribution in [-0.2, 0) is 4.74 Å². The molecule has 2 aliphatic heterocycles. The molecule has 1 N–H and O–H groups in total. The molecule has 2 aliphatic rings. The third-order valence-corrected chi connectivity index (χ3v) is 5.54. The third-order valence-electron chi connectivity index (χ3n) is 5.54. The van der Waals surface area contributed by atoms with Crippen LogP contribution in [0.5, 0.6) is 0 Å². The van der Waals surface area contributed by atoms with Gasteiger partial charge in [0.15, 0.2) is 0 Å². The van der Waals surface area contributed by atoms with E-state index < -0.39 is 0 Å². The minimum Gasteiger partial charge on any atom is -0.379 e. The van der Waals surface area contributed by atoms with E-state index in [1.165, 1.54) is 6.42 Å². The van der Waals surface area contributed by atoms with E-state index in [1.807, 2.05) is 53.0 Å². The van der Waals surface area contributed by atoms with Gasteiger partial charge in [0.05, 0.1) is 30.3 Å². The monoisotopic (exact) mass is 383 g/mol. The second-order valence-electron chi connectivity index (χ2n) is 7.72. The molecule has 0 spiro atoms. The van der Waals surface area contributed by atoms with Crippen molar-refractivity contribution in [1.29, 1.82) is 0 Å². The number of ether oxygens (including phenoxy) is 1. The van der Waals surface area contributed by atoms with Crippen molar-refractivity contribution in [3.63, 3.8) is 0 Å². The van der Waals surface area contributed by atoms with E-state index in [0.717, 1.165) is 69.4 Å². The predicted molar refractivity (Wildman–Crippen MR) is 109 cm³/mol. The Bertz CT molecular complexity index is 800. The van der Waals surface area contributed by atoms with Crippen LogP contribution in [0, 0.1) is 12.8 Å². The van der Waals surface area contributed by atoms with Gasteiger partial charge in [0.2, 0.25) is 0 Å². The fourth-order valence-corrected chi connectivity index (χ4v) is 4.07. The van der Waals surface area contributed by atoms with Gasteiger partial charge in [0.1, 0.15) is 0 Å². The maximum Gasteiger partial charge on any atom is 0.321 e. The lowest BCUT2D eigenvalue weighted by Gasteiger charge is -2.36. The molecule has 0 aliphatic carbocycles. The summed E-state index contributed by atoms with van der Waals surface area (Å²) in [6.07, 6.45) is 4.16. The first-order chi connectivity index (χ1) is 13.7. The van der Waals surface area contributed by atoms with Gasteiger partial charge in [0.25, 0.3) is 0 Å². The highest BCUT2D eigenvalue weighted by molar-refractivity contribution is 5.91. The van der Waals surface area contributed by atoms with Crippen molar-refractivity contribution in [2.75, 3.05) is 51.3 Å². The highest BCUT2D eigenvalue weighted by Crippen LogP contribution is 2.22. The highest BCUT2D eigenvalue weighted by Gasteiger charge is 2.26. The summed E-state index contributed by atoms with van der Waals surface area (Å²) in [6.45, 7) is 8.27. The van der Waals surface area contributed by atoms with Crippen LogP contribution in [0.2, 0.25) is 0 Å². The van der Waals surface area contributed by atoms with E-state index >= 15 is 0 Å². The van der Waals surface area contributed by atoms with Crippen LogP contribution in [-0.4, -0.2) is 71.5 Å². The molecule has 3 heterocycles. The number of carbonyl (C=O) groups excluding carboxylic acids is 1. The molecular weight excluding hydrogens is 354 g/mol.